The van der Waals surface area contributed by atoms with Crippen LogP contribution in [-0.4, -0.2) is 0 Å². The van der Waals surface area contributed by atoms with Gasteiger partial charge >= 0.3 is 0 Å². The first-order valence-corrected chi connectivity index (χ1v) is 7.31. The SMILES string of the molecule is C=C(c1ccc(C#N)cc1)c1cc(=O)c2cc(Br)ccc2o1. The molecule has 0 bridgehead atoms. The number of hydrogen-bond acceptors (Lipinski definition) is 3. The van der Waals surface area contributed by atoms with Crippen molar-refractivity contribution in [2.24, 2.45) is 0 Å². The third-order valence-electron chi connectivity index (χ3n) is 3.35. The molecule has 0 fully saturated rings. The van der Waals surface area contributed by atoms with Gasteiger partial charge < -0.3 is 4.42 Å². The number of hydrogen-bond donors (Lipinski definition) is 0. The Balaban J connectivity index is 2.09. The summed E-state index contributed by atoms with van der Waals surface area (Å²) in [6, 6.07) is 15.8. The summed E-state index contributed by atoms with van der Waals surface area (Å²) in [6.07, 6.45) is 0. The van der Waals surface area contributed by atoms with E-state index >= 15 is 0 Å². The maximum atomic E-state index is 12.2. The van der Waals surface area contributed by atoms with Gasteiger partial charge in [-0.2, -0.15) is 5.26 Å². The van der Waals surface area contributed by atoms with Gasteiger partial charge in [0.2, 0.25) is 0 Å². The predicted molar refractivity (Wildman–Crippen MR) is 89.5 cm³/mol. The lowest BCUT2D eigenvalue weighted by Gasteiger charge is -2.07. The van der Waals surface area contributed by atoms with Gasteiger partial charge in [-0.1, -0.05) is 34.6 Å². The van der Waals surface area contributed by atoms with Crippen molar-refractivity contribution in [1.29, 1.82) is 5.26 Å². The van der Waals surface area contributed by atoms with Crippen molar-refractivity contribution in [3.63, 3.8) is 0 Å². The third kappa shape index (κ3) is 2.59. The normalized spacial score (nSPS) is 10.4. The van der Waals surface area contributed by atoms with Crippen LogP contribution < -0.4 is 5.43 Å². The van der Waals surface area contributed by atoms with Gasteiger partial charge in [0.1, 0.15) is 11.3 Å². The van der Waals surface area contributed by atoms with Gasteiger partial charge in [0.25, 0.3) is 0 Å². The quantitative estimate of drug-likeness (QED) is 0.683. The maximum Gasteiger partial charge on any atom is 0.193 e. The molecule has 106 valence electrons. The second-order valence-corrected chi connectivity index (χ2v) is 5.70. The van der Waals surface area contributed by atoms with Crippen molar-refractivity contribution in [2.45, 2.75) is 0 Å². The van der Waals surface area contributed by atoms with Crippen molar-refractivity contribution in [3.8, 4) is 6.07 Å². The van der Waals surface area contributed by atoms with Crippen LogP contribution in [0.5, 0.6) is 0 Å². The number of nitriles is 1. The molecule has 0 aliphatic heterocycles. The molecule has 2 aromatic carbocycles. The summed E-state index contributed by atoms with van der Waals surface area (Å²) in [5, 5.41) is 9.34. The van der Waals surface area contributed by atoms with E-state index in [-0.39, 0.29) is 5.43 Å². The molecular weight excluding hydrogens is 342 g/mol. The van der Waals surface area contributed by atoms with Crippen LogP contribution >= 0.6 is 15.9 Å². The van der Waals surface area contributed by atoms with E-state index in [0.717, 1.165) is 10.0 Å². The summed E-state index contributed by atoms with van der Waals surface area (Å²) in [6.45, 7) is 3.99. The second kappa shape index (κ2) is 5.63. The highest BCUT2D eigenvalue weighted by molar-refractivity contribution is 9.10. The average molecular weight is 352 g/mol. The van der Waals surface area contributed by atoms with Gasteiger partial charge in [0, 0.05) is 16.1 Å². The van der Waals surface area contributed by atoms with Gasteiger partial charge in [0.05, 0.1) is 17.0 Å². The number of fused-ring (bicyclic) bond motifs is 1. The molecule has 0 aliphatic carbocycles. The molecule has 3 nitrogen and oxygen atoms in total. The number of rotatable bonds is 2. The smallest absolute Gasteiger partial charge is 0.193 e. The number of halogens is 1. The molecule has 0 atom stereocenters. The van der Waals surface area contributed by atoms with E-state index in [0.29, 0.717) is 27.9 Å². The zero-order valence-electron chi connectivity index (χ0n) is 11.5. The van der Waals surface area contributed by atoms with Crippen LogP contribution in [0.3, 0.4) is 0 Å². The fraction of sp³-hybridized carbons (Fsp3) is 0. The van der Waals surface area contributed by atoms with Crippen LogP contribution in [0, 0.1) is 11.3 Å². The Kier molecular flexibility index (Phi) is 3.66. The summed E-state index contributed by atoms with van der Waals surface area (Å²) >= 11 is 3.34. The van der Waals surface area contributed by atoms with E-state index in [2.05, 4.69) is 28.6 Å². The van der Waals surface area contributed by atoms with Crippen LogP contribution in [0.4, 0.5) is 0 Å². The molecule has 0 spiro atoms. The average Bonchev–Trinajstić information content (AvgIpc) is 2.55. The molecule has 1 aromatic heterocycles. The summed E-state index contributed by atoms with van der Waals surface area (Å²) in [5.74, 6) is 0.421. The Labute approximate surface area is 135 Å². The van der Waals surface area contributed by atoms with E-state index in [9.17, 15) is 4.79 Å². The first kappa shape index (κ1) is 14.3. The first-order valence-electron chi connectivity index (χ1n) is 6.52. The Hall–Kier alpha value is -2.64. The molecule has 3 aromatic rings. The van der Waals surface area contributed by atoms with Gasteiger partial charge in [-0.15, -0.1) is 0 Å². The minimum absolute atomic E-state index is 0.118. The molecule has 1 heterocycles. The lowest BCUT2D eigenvalue weighted by Crippen LogP contribution is -2.02. The monoisotopic (exact) mass is 351 g/mol. The van der Waals surface area contributed by atoms with E-state index in [1.165, 1.54) is 6.07 Å². The maximum absolute atomic E-state index is 12.2. The molecule has 0 unspecified atom stereocenters. The summed E-state index contributed by atoms with van der Waals surface area (Å²) in [7, 11) is 0. The summed E-state index contributed by atoms with van der Waals surface area (Å²) < 4.78 is 6.61. The van der Waals surface area contributed by atoms with Crippen LogP contribution in [0.15, 0.2) is 68.8 Å². The fourth-order valence-electron chi connectivity index (χ4n) is 2.17. The zero-order valence-corrected chi connectivity index (χ0v) is 13.1. The Morgan fingerprint density at radius 1 is 1.14 bits per heavy atom. The highest BCUT2D eigenvalue weighted by Gasteiger charge is 2.10. The van der Waals surface area contributed by atoms with Gasteiger partial charge in [-0.05, 0) is 35.9 Å². The van der Waals surface area contributed by atoms with Crippen molar-refractivity contribution >= 4 is 32.5 Å². The molecule has 3 rings (SSSR count). The molecule has 0 aliphatic rings. The Morgan fingerprint density at radius 3 is 2.55 bits per heavy atom. The second-order valence-electron chi connectivity index (χ2n) is 4.78. The van der Waals surface area contributed by atoms with Crippen LogP contribution in [0.1, 0.15) is 16.9 Å². The molecule has 0 radical (unpaired) electrons. The molecule has 22 heavy (non-hydrogen) atoms. The lowest BCUT2D eigenvalue weighted by molar-refractivity contribution is 0.587. The highest BCUT2D eigenvalue weighted by Crippen LogP contribution is 2.25. The van der Waals surface area contributed by atoms with Crippen LogP contribution in [0.25, 0.3) is 16.5 Å². The minimum Gasteiger partial charge on any atom is -0.456 e. The van der Waals surface area contributed by atoms with E-state index < -0.39 is 0 Å². The van der Waals surface area contributed by atoms with Gasteiger partial charge in [0.15, 0.2) is 5.43 Å². The standard InChI is InChI=1S/C18H10BrNO2/c1-11(13-4-2-12(10-20)3-5-13)18-9-16(21)15-8-14(19)6-7-17(15)22-18/h2-9H,1H2. The Bertz CT molecular complexity index is 979. The van der Waals surface area contributed by atoms with E-state index in [1.54, 1.807) is 36.4 Å². The van der Waals surface area contributed by atoms with Crippen LogP contribution in [-0.2, 0) is 0 Å². The van der Waals surface area contributed by atoms with Gasteiger partial charge in [-0.25, -0.2) is 0 Å². The molecule has 4 heteroatoms. The number of nitrogens with zero attached hydrogens (tertiary/aromatic N) is 1. The minimum atomic E-state index is -0.118. The molecule has 0 N–H and O–H groups in total. The first-order chi connectivity index (χ1) is 10.6. The summed E-state index contributed by atoms with van der Waals surface area (Å²) in [4.78, 5) is 12.2. The fourth-order valence-corrected chi connectivity index (χ4v) is 2.53. The van der Waals surface area contributed by atoms with Crippen molar-refractivity contribution in [2.75, 3.05) is 0 Å². The van der Waals surface area contributed by atoms with Crippen molar-refractivity contribution < 1.29 is 4.42 Å². The molecule has 0 amide bonds. The Morgan fingerprint density at radius 2 is 1.86 bits per heavy atom. The molecular formula is C18H10BrNO2. The van der Waals surface area contributed by atoms with Crippen molar-refractivity contribution in [3.05, 3.63) is 86.7 Å². The topological polar surface area (TPSA) is 54.0 Å². The van der Waals surface area contributed by atoms with E-state index in [1.807, 2.05) is 6.07 Å². The highest BCUT2D eigenvalue weighted by atomic mass is 79.9. The zero-order chi connectivity index (χ0) is 15.7. The number of benzene rings is 2. The van der Waals surface area contributed by atoms with E-state index in [4.69, 9.17) is 9.68 Å². The predicted octanol–water partition coefficient (Wildman–Crippen LogP) is 4.49. The van der Waals surface area contributed by atoms with Gasteiger partial charge in [-0.3, -0.25) is 4.79 Å². The van der Waals surface area contributed by atoms with Crippen molar-refractivity contribution in [1.82, 2.24) is 0 Å². The summed E-state index contributed by atoms with van der Waals surface area (Å²) in [5.41, 5.74) is 2.37. The lowest BCUT2D eigenvalue weighted by atomic mass is 10.0. The molecule has 0 saturated heterocycles. The molecule has 0 saturated carbocycles. The van der Waals surface area contributed by atoms with Crippen LogP contribution in [0.2, 0.25) is 0 Å². The largest absolute Gasteiger partial charge is 0.456 e. The third-order valence-corrected chi connectivity index (χ3v) is 3.84.